The third-order valence-electron chi connectivity index (χ3n) is 8.98. The van der Waals surface area contributed by atoms with Crippen molar-refractivity contribution in [3.8, 4) is 11.5 Å². The fraction of sp³-hybridized carbons (Fsp3) is 0.633. The van der Waals surface area contributed by atoms with Crippen LogP contribution in [0.1, 0.15) is 95.7 Å². The van der Waals surface area contributed by atoms with Crippen molar-refractivity contribution in [1.82, 2.24) is 24.5 Å². The zero-order valence-corrected chi connectivity index (χ0v) is 23.7. The van der Waals surface area contributed by atoms with Gasteiger partial charge in [0.05, 0.1) is 0 Å². The lowest BCUT2D eigenvalue weighted by molar-refractivity contribution is 0.0684. The summed E-state index contributed by atoms with van der Waals surface area (Å²) in [5, 5.41) is 9.87. The number of carbonyl (C=O) groups is 1. The number of rotatable bonds is 7. The van der Waals surface area contributed by atoms with Crippen molar-refractivity contribution in [3.63, 3.8) is 0 Å². The van der Waals surface area contributed by atoms with Gasteiger partial charge in [-0.25, -0.2) is 19.7 Å². The van der Waals surface area contributed by atoms with Crippen LogP contribution < -0.4 is 4.90 Å². The lowest BCUT2D eigenvalue weighted by atomic mass is 9.80. The molecule has 0 amide bonds. The molecule has 0 radical (unpaired) electrons. The molecule has 204 valence electrons. The number of aromatic nitrogens is 5. The minimum absolute atomic E-state index is 0.0338. The maximum atomic E-state index is 12.1. The molecule has 5 rings (SSSR count). The van der Waals surface area contributed by atoms with Gasteiger partial charge in [0, 0.05) is 25.8 Å². The second-order valence-electron chi connectivity index (χ2n) is 12.7. The minimum Gasteiger partial charge on any atom is -0.475 e. The molecule has 1 N–H and O–H groups in total. The van der Waals surface area contributed by atoms with E-state index in [1.165, 1.54) is 50.5 Å². The highest BCUT2D eigenvalue weighted by atomic mass is 16.4. The summed E-state index contributed by atoms with van der Waals surface area (Å²) in [5.41, 5.74) is 3.19. The summed E-state index contributed by atoms with van der Waals surface area (Å²) in [7, 11) is 2.04. The molecule has 2 fully saturated rings. The molecule has 2 aliphatic rings. The van der Waals surface area contributed by atoms with Crippen molar-refractivity contribution >= 4 is 23.0 Å². The first-order valence-electron chi connectivity index (χ1n) is 14.2. The molecule has 0 aliphatic heterocycles. The molecule has 8 heteroatoms. The molecular weight excluding hydrogens is 476 g/mol. The van der Waals surface area contributed by atoms with E-state index in [2.05, 4.69) is 66.2 Å². The zero-order valence-electron chi connectivity index (χ0n) is 23.7. The van der Waals surface area contributed by atoms with Gasteiger partial charge in [0.2, 0.25) is 5.82 Å². The highest BCUT2D eigenvalue weighted by Crippen LogP contribution is 2.38. The molecule has 8 nitrogen and oxygen atoms in total. The fourth-order valence-electron chi connectivity index (χ4n) is 5.95. The molecule has 0 spiro atoms. The Labute approximate surface area is 225 Å². The molecule has 0 unspecified atom stereocenters. The third-order valence-corrected chi connectivity index (χ3v) is 8.98. The van der Waals surface area contributed by atoms with E-state index in [9.17, 15) is 9.90 Å². The van der Waals surface area contributed by atoms with Gasteiger partial charge in [0.15, 0.2) is 17.3 Å². The third kappa shape index (κ3) is 5.14. The molecule has 0 bridgehead atoms. The van der Waals surface area contributed by atoms with Crippen molar-refractivity contribution in [2.45, 2.75) is 97.6 Å². The summed E-state index contributed by atoms with van der Waals surface area (Å²) in [6.45, 7) is 11.9. The number of nitrogens with zero attached hydrogens (tertiary/aromatic N) is 6. The van der Waals surface area contributed by atoms with Gasteiger partial charge in [-0.2, -0.15) is 0 Å². The van der Waals surface area contributed by atoms with Gasteiger partial charge >= 0.3 is 5.97 Å². The molecule has 3 heterocycles. The first kappa shape index (κ1) is 26.6. The Balaban J connectivity index is 1.70. The average Bonchev–Trinajstić information content (AvgIpc) is 3.21. The summed E-state index contributed by atoms with van der Waals surface area (Å²) in [6, 6.07) is 4.42. The van der Waals surface area contributed by atoms with E-state index in [4.69, 9.17) is 9.97 Å². The van der Waals surface area contributed by atoms with E-state index in [0.29, 0.717) is 23.3 Å². The summed E-state index contributed by atoms with van der Waals surface area (Å²) in [6.07, 6.45) is 10.3. The SMILES string of the molecule is CC1CCC(Cn2c(-c3cc(C(C)(C)C)ccn3)nc3nc(C(=O)O)nc(N(C)[C@H](C)C4CCC4)c32)CC1. The number of anilines is 1. The maximum Gasteiger partial charge on any atom is 0.374 e. The van der Waals surface area contributed by atoms with Gasteiger partial charge in [-0.05, 0) is 73.5 Å². The number of carboxylic acid groups (broad SMARTS) is 1. The van der Waals surface area contributed by atoms with E-state index in [1.807, 2.05) is 13.2 Å². The predicted molar refractivity (Wildman–Crippen MR) is 151 cm³/mol. The Hall–Kier alpha value is -3.03. The van der Waals surface area contributed by atoms with Gasteiger partial charge in [-0.1, -0.05) is 47.0 Å². The van der Waals surface area contributed by atoms with Crippen LogP contribution in [-0.2, 0) is 12.0 Å². The van der Waals surface area contributed by atoms with Crippen molar-refractivity contribution in [1.29, 1.82) is 0 Å². The topological polar surface area (TPSA) is 97.0 Å². The largest absolute Gasteiger partial charge is 0.475 e. The molecule has 0 saturated heterocycles. The number of hydrogen-bond acceptors (Lipinski definition) is 6. The molecule has 3 aromatic rings. The maximum absolute atomic E-state index is 12.1. The van der Waals surface area contributed by atoms with Crippen LogP contribution in [0.15, 0.2) is 18.3 Å². The van der Waals surface area contributed by atoms with Gasteiger partial charge < -0.3 is 14.6 Å². The van der Waals surface area contributed by atoms with Crippen LogP contribution in [0.4, 0.5) is 5.82 Å². The highest BCUT2D eigenvalue weighted by molar-refractivity contribution is 5.92. The Kier molecular flexibility index (Phi) is 7.18. The number of fused-ring (bicyclic) bond motifs is 1. The number of carboxylic acids is 1. The number of imidazole rings is 1. The Bertz CT molecular complexity index is 1310. The van der Waals surface area contributed by atoms with E-state index >= 15 is 0 Å². The zero-order chi connectivity index (χ0) is 27.2. The smallest absolute Gasteiger partial charge is 0.374 e. The Morgan fingerprint density at radius 2 is 1.84 bits per heavy atom. The van der Waals surface area contributed by atoms with Gasteiger partial charge in [-0.15, -0.1) is 0 Å². The standard InChI is InChI=1S/C30H42N6O2/c1-18-10-12-20(13-11-18)17-36-24-25(33-27(36)23-16-22(14-15-31-23)30(3,4)5)32-26(29(37)38)34-28(24)35(6)19(2)21-8-7-9-21/h14-16,18-21H,7-13,17H2,1-6H3,(H,37,38)/t18?,19-,20?/m1/s1. The summed E-state index contributed by atoms with van der Waals surface area (Å²) >= 11 is 0. The monoisotopic (exact) mass is 518 g/mol. The highest BCUT2D eigenvalue weighted by Gasteiger charge is 2.32. The minimum atomic E-state index is -1.14. The van der Waals surface area contributed by atoms with Crippen LogP contribution in [0.2, 0.25) is 0 Å². The predicted octanol–water partition coefficient (Wildman–Crippen LogP) is 6.34. The molecule has 2 saturated carbocycles. The average molecular weight is 519 g/mol. The van der Waals surface area contributed by atoms with Crippen molar-refractivity contribution in [2.75, 3.05) is 11.9 Å². The van der Waals surface area contributed by atoms with Crippen LogP contribution in [0.25, 0.3) is 22.7 Å². The Morgan fingerprint density at radius 1 is 1.13 bits per heavy atom. The number of aromatic carboxylic acids is 1. The van der Waals surface area contributed by atoms with Gasteiger partial charge in [0.1, 0.15) is 11.2 Å². The molecule has 1 atom stereocenters. The second-order valence-corrected chi connectivity index (χ2v) is 12.7. The van der Waals surface area contributed by atoms with Gasteiger partial charge in [0.25, 0.3) is 0 Å². The quantitative estimate of drug-likeness (QED) is 0.390. The van der Waals surface area contributed by atoms with Crippen LogP contribution in [-0.4, -0.2) is 48.7 Å². The molecular formula is C30H42N6O2. The number of hydrogen-bond donors (Lipinski definition) is 1. The molecule has 2 aliphatic carbocycles. The van der Waals surface area contributed by atoms with Crippen molar-refractivity contribution in [2.24, 2.45) is 17.8 Å². The van der Waals surface area contributed by atoms with E-state index in [0.717, 1.165) is 29.5 Å². The first-order valence-corrected chi connectivity index (χ1v) is 14.2. The van der Waals surface area contributed by atoms with Crippen LogP contribution in [0.3, 0.4) is 0 Å². The summed E-state index contributed by atoms with van der Waals surface area (Å²) < 4.78 is 2.25. The van der Waals surface area contributed by atoms with Crippen molar-refractivity contribution in [3.05, 3.63) is 29.7 Å². The van der Waals surface area contributed by atoms with Crippen LogP contribution >= 0.6 is 0 Å². The summed E-state index contributed by atoms with van der Waals surface area (Å²) in [5.74, 6) is 1.92. The Morgan fingerprint density at radius 3 is 2.45 bits per heavy atom. The lowest BCUT2D eigenvalue weighted by Crippen LogP contribution is -2.39. The molecule has 38 heavy (non-hydrogen) atoms. The summed E-state index contributed by atoms with van der Waals surface area (Å²) in [4.78, 5) is 33.0. The fourth-order valence-corrected chi connectivity index (χ4v) is 5.95. The van der Waals surface area contributed by atoms with Crippen LogP contribution in [0, 0.1) is 17.8 Å². The number of pyridine rings is 1. The van der Waals surface area contributed by atoms with Crippen LogP contribution in [0.5, 0.6) is 0 Å². The lowest BCUT2D eigenvalue weighted by Gasteiger charge is -2.38. The second kappa shape index (κ2) is 10.3. The normalized spacial score (nSPS) is 21.3. The van der Waals surface area contributed by atoms with Gasteiger partial charge in [-0.3, -0.25) is 4.98 Å². The van der Waals surface area contributed by atoms with E-state index < -0.39 is 5.97 Å². The van der Waals surface area contributed by atoms with Crippen molar-refractivity contribution < 1.29 is 9.90 Å². The molecule has 0 aromatic carbocycles. The first-order chi connectivity index (χ1) is 18.0. The van der Waals surface area contributed by atoms with E-state index in [1.54, 1.807) is 0 Å². The molecule has 3 aromatic heterocycles. The van der Waals surface area contributed by atoms with E-state index in [-0.39, 0.29) is 17.3 Å².